The van der Waals surface area contributed by atoms with Gasteiger partial charge in [-0.2, -0.15) is 0 Å². The Morgan fingerprint density at radius 3 is 1.42 bits per heavy atom. The van der Waals surface area contributed by atoms with Gasteiger partial charge in [-0.15, -0.1) is 22.7 Å². The summed E-state index contributed by atoms with van der Waals surface area (Å²) in [4.78, 5) is 18.7. The van der Waals surface area contributed by atoms with Crippen LogP contribution < -0.4 is 0 Å². The first-order valence-electron chi connectivity index (χ1n) is 12.3. The zero-order valence-electron chi connectivity index (χ0n) is 20.0. The van der Waals surface area contributed by atoms with Crippen LogP contribution in [0.5, 0.6) is 0 Å². The van der Waals surface area contributed by atoms with Crippen LogP contribution in [0.3, 0.4) is 0 Å². The van der Waals surface area contributed by atoms with Crippen molar-refractivity contribution < 1.29 is 0 Å². The van der Waals surface area contributed by atoms with Crippen LogP contribution in [0.4, 0.5) is 0 Å². The summed E-state index contributed by atoms with van der Waals surface area (Å²) < 4.78 is 4.86. The normalized spacial score (nSPS) is 11.7. The summed E-state index contributed by atoms with van der Waals surface area (Å²) in [6.45, 7) is 0. The molecule has 38 heavy (non-hydrogen) atoms. The molecule has 0 N–H and O–H groups in total. The molecule has 8 rings (SSSR count). The highest BCUT2D eigenvalue weighted by molar-refractivity contribution is 7.26. The number of benzene rings is 2. The molecule has 0 saturated carbocycles. The molecule has 0 aliphatic rings. The van der Waals surface area contributed by atoms with E-state index in [1.54, 1.807) is 22.7 Å². The van der Waals surface area contributed by atoms with Gasteiger partial charge >= 0.3 is 0 Å². The minimum Gasteiger partial charge on any atom is -0.263 e. The lowest BCUT2D eigenvalue weighted by molar-refractivity contribution is 1.30. The number of nitrogens with zero attached hydrogens (tertiary/aromatic N) is 4. The average molecular weight is 523 g/mol. The summed E-state index contributed by atoms with van der Waals surface area (Å²) in [5.41, 5.74) is 8.59. The number of thiophene rings is 2. The molecule has 0 atom stereocenters. The molecule has 0 radical (unpaired) electrons. The van der Waals surface area contributed by atoms with Gasteiger partial charge in [0.25, 0.3) is 0 Å². The van der Waals surface area contributed by atoms with Crippen LogP contribution >= 0.6 is 22.7 Å². The zero-order chi connectivity index (χ0) is 25.1. The first-order chi connectivity index (χ1) is 18.8. The number of hydrogen-bond acceptors (Lipinski definition) is 6. The average Bonchev–Trinajstić information content (AvgIpc) is 3.56. The van der Waals surface area contributed by atoms with Crippen LogP contribution in [-0.2, 0) is 0 Å². The third-order valence-corrected chi connectivity index (χ3v) is 9.34. The van der Waals surface area contributed by atoms with Gasteiger partial charge in [-0.05, 0) is 36.4 Å². The third kappa shape index (κ3) is 3.35. The number of pyridine rings is 4. The second kappa shape index (κ2) is 8.52. The van der Waals surface area contributed by atoms with Gasteiger partial charge < -0.3 is 0 Å². The van der Waals surface area contributed by atoms with E-state index in [1.165, 1.54) is 29.6 Å². The lowest BCUT2D eigenvalue weighted by atomic mass is 10.0. The molecule has 4 nitrogen and oxygen atoms in total. The van der Waals surface area contributed by atoms with E-state index >= 15 is 0 Å². The molecular weight excluding hydrogens is 505 g/mol. The molecule has 0 amide bonds. The highest BCUT2D eigenvalue weighted by atomic mass is 32.1. The fourth-order valence-corrected chi connectivity index (χ4v) is 7.55. The number of fused-ring (bicyclic) bond motifs is 6. The Bertz CT molecular complexity index is 2000. The second-order valence-corrected chi connectivity index (χ2v) is 11.3. The van der Waals surface area contributed by atoms with Crippen LogP contribution in [0.2, 0.25) is 0 Å². The smallest absolute Gasteiger partial charge is 0.0894 e. The van der Waals surface area contributed by atoms with Gasteiger partial charge in [-0.25, -0.2) is 0 Å². The Balaban J connectivity index is 1.25. The quantitative estimate of drug-likeness (QED) is 0.232. The maximum absolute atomic E-state index is 4.70. The first kappa shape index (κ1) is 21.6. The number of rotatable bonds is 3. The fraction of sp³-hybridized carbons (Fsp3) is 0. The van der Waals surface area contributed by atoms with E-state index in [2.05, 4.69) is 82.8 Å². The van der Waals surface area contributed by atoms with Crippen molar-refractivity contribution >= 4 is 63.3 Å². The van der Waals surface area contributed by atoms with Gasteiger partial charge in [0.15, 0.2) is 0 Å². The van der Waals surface area contributed by atoms with Crippen LogP contribution in [0.25, 0.3) is 74.0 Å². The molecule has 8 aromatic rings. The van der Waals surface area contributed by atoms with E-state index < -0.39 is 0 Å². The van der Waals surface area contributed by atoms with E-state index in [0.29, 0.717) is 0 Å². The Labute approximate surface area is 225 Å². The summed E-state index contributed by atoms with van der Waals surface area (Å²) in [6, 6.07) is 25.5. The van der Waals surface area contributed by atoms with Crippen molar-refractivity contribution in [1.82, 2.24) is 19.9 Å². The SMILES string of the molecule is c1ccc2c(c1)sc1c(-c3cncc(-c4cncc(-c5ccnc6c5sc5ccccc56)c4)c3)ccnc12. The molecule has 6 heterocycles. The molecule has 6 heteroatoms. The largest absolute Gasteiger partial charge is 0.263 e. The Hall–Kier alpha value is -4.52. The monoisotopic (exact) mass is 522 g/mol. The summed E-state index contributed by atoms with van der Waals surface area (Å²) in [6.07, 6.45) is 11.5. The number of hydrogen-bond donors (Lipinski definition) is 0. The molecule has 0 unspecified atom stereocenters. The van der Waals surface area contributed by atoms with Crippen molar-refractivity contribution in [3.05, 3.63) is 110 Å². The summed E-state index contributed by atoms with van der Waals surface area (Å²) in [5, 5.41) is 2.39. The molecular formula is C32H18N4S2. The second-order valence-electron chi connectivity index (χ2n) is 9.19. The minimum absolute atomic E-state index is 1.03. The predicted molar refractivity (Wildman–Crippen MR) is 160 cm³/mol. The van der Waals surface area contributed by atoms with Crippen LogP contribution in [0.15, 0.2) is 110 Å². The summed E-state index contributed by atoms with van der Waals surface area (Å²) in [5.74, 6) is 0. The third-order valence-electron chi connectivity index (χ3n) is 6.95. The van der Waals surface area contributed by atoms with E-state index in [0.717, 1.165) is 44.4 Å². The molecule has 0 bridgehead atoms. The maximum Gasteiger partial charge on any atom is 0.0894 e. The standard InChI is InChI=1S/C32H18N4S2/c1-3-7-27-25(5-1)29-31(37-27)23(9-11-35-29)21-13-19(15-33-17-21)20-14-22(18-34-16-20)24-10-12-36-30-26-6-2-4-8-28(26)38-32(24)30/h1-18H. The summed E-state index contributed by atoms with van der Waals surface area (Å²) in [7, 11) is 0. The topological polar surface area (TPSA) is 51.6 Å². The van der Waals surface area contributed by atoms with Crippen molar-refractivity contribution in [3.8, 4) is 33.4 Å². The molecule has 6 aromatic heterocycles. The van der Waals surface area contributed by atoms with Gasteiger partial charge in [-0.3, -0.25) is 19.9 Å². The highest BCUT2D eigenvalue weighted by Crippen LogP contribution is 2.41. The van der Waals surface area contributed by atoms with Crippen molar-refractivity contribution in [2.45, 2.75) is 0 Å². The minimum atomic E-state index is 1.03. The van der Waals surface area contributed by atoms with Gasteiger partial charge in [0, 0.05) is 90.7 Å². The Morgan fingerprint density at radius 2 is 0.921 bits per heavy atom. The molecule has 0 spiro atoms. The predicted octanol–water partition coefficient (Wildman–Crippen LogP) is 9.00. The molecule has 0 aliphatic carbocycles. The Kier molecular flexibility index (Phi) is 4.83. The summed E-state index contributed by atoms with van der Waals surface area (Å²) >= 11 is 3.56. The van der Waals surface area contributed by atoms with Gasteiger partial charge in [0.1, 0.15) is 0 Å². The number of aromatic nitrogens is 4. The molecule has 178 valence electrons. The fourth-order valence-electron chi connectivity index (χ4n) is 5.15. The lowest BCUT2D eigenvalue weighted by Gasteiger charge is -2.08. The van der Waals surface area contributed by atoms with Gasteiger partial charge in [-0.1, -0.05) is 36.4 Å². The van der Waals surface area contributed by atoms with E-state index in [4.69, 9.17) is 9.97 Å². The van der Waals surface area contributed by atoms with Crippen LogP contribution in [-0.4, -0.2) is 19.9 Å². The molecule has 0 fully saturated rings. The lowest BCUT2D eigenvalue weighted by Crippen LogP contribution is -1.88. The van der Waals surface area contributed by atoms with Gasteiger partial charge in [0.05, 0.1) is 20.4 Å². The zero-order valence-corrected chi connectivity index (χ0v) is 21.6. The maximum atomic E-state index is 4.70. The molecule has 0 saturated heterocycles. The molecule has 0 aliphatic heterocycles. The van der Waals surface area contributed by atoms with Crippen molar-refractivity contribution in [2.75, 3.05) is 0 Å². The van der Waals surface area contributed by atoms with E-state index in [-0.39, 0.29) is 0 Å². The van der Waals surface area contributed by atoms with Crippen LogP contribution in [0.1, 0.15) is 0 Å². The van der Waals surface area contributed by atoms with Gasteiger partial charge in [0.2, 0.25) is 0 Å². The van der Waals surface area contributed by atoms with Crippen molar-refractivity contribution in [3.63, 3.8) is 0 Å². The van der Waals surface area contributed by atoms with E-state index in [1.807, 2.05) is 37.2 Å². The van der Waals surface area contributed by atoms with Crippen molar-refractivity contribution in [2.24, 2.45) is 0 Å². The molecule has 2 aromatic carbocycles. The first-order valence-corrected chi connectivity index (χ1v) is 13.9. The highest BCUT2D eigenvalue weighted by Gasteiger charge is 2.14. The van der Waals surface area contributed by atoms with E-state index in [9.17, 15) is 0 Å². The van der Waals surface area contributed by atoms with Crippen LogP contribution in [0, 0.1) is 0 Å². The Morgan fingerprint density at radius 1 is 0.474 bits per heavy atom. The van der Waals surface area contributed by atoms with Crippen molar-refractivity contribution in [1.29, 1.82) is 0 Å².